The predicted molar refractivity (Wildman–Crippen MR) is 47.7 cm³/mol. The molecular formula is C11H10FN. The van der Waals surface area contributed by atoms with Crippen molar-refractivity contribution in [2.45, 2.75) is 25.2 Å². The zero-order chi connectivity index (χ0) is 9.26. The lowest BCUT2D eigenvalue weighted by Crippen LogP contribution is -1.91. The Balaban J connectivity index is 2.34. The third-order valence-electron chi connectivity index (χ3n) is 2.64. The molecule has 0 saturated carbocycles. The largest absolute Gasteiger partial charge is 0.207 e. The number of rotatable bonds is 1. The third kappa shape index (κ3) is 1.42. The maximum Gasteiger partial charge on any atom is 0.123 e. The average molecular weight is 175 g/mol. The van der Waals surface area contributed by atoms with E-state index >= 15 is 0 Å². The molecule has 2 heteroatoms. The summed E-state index contributed by atoms with van der Waals surface area (Å²) in [6.07, 6.45) is 2.46. The lowest BCUT2D eigenvalue weighted by Gasteiger charge is -2.05. The van der Waals surface area contributed by atoms with Crippen molar-refractivity contribution in [3.8, 4) is 6.07 Å². The van der Waals surface area contributed by atoms with Gasteiger partial charge in [-0.05, 0) is 42.0 Å². The summed E-state index contributed by atoms with van der Waals surface area (Å²) in [5.74, 6) is 0.164. The first kappa shape index (κ1) is 8.25. The Kier molecular flexibility index (Phi) is 2.02. The van der Waals surface area contributed by atoms with Crippen molar-refractivity contribution in [2.24, 2.45) is 0 Å². The second-order valence-electron chi connectivity index (χ2n) is 3.44. The van der Waals surface area contributed by atoms with Gasteiger partial charge in [0.2, 0.25) is 0 Å². The van der Waals surface area contributed by atoms with Crippen LogP contribution in [0, 0.1) is 17.1 Å². The molecule has 0 radical (unpaired) electrons. The van der Waals surface area contributed by atoms with Gasteiger partial charge in [0.1, 0.15) is 5.82 Å². The Morgan fingerprint density at radius 2 is 2.38 bits per heavy atom. The molecule has 1 aliphatic rings. The number of fused-ring (bicyclic) bond motifs is 1. The van der Waals surface area contributed by atoms with Gasteiger partial charge in [-0.2, -0.15) is 5.26 Å². The number of halogens is 1. The fraction of sp³-hybridized carbons (Fsp3) is 0.364. The van der Waals surface area contributed by atoms with Gasteiger partial charge in [0, 0.05) is 6.42 Å². The zero-order valence-electron chi connectivity index (χ0n) is 7.26. The van der Waals surface area contributed by atoms with Gasteiger partial charge in [-0.25, -0.2) is 4.39 Å². The first-order valence-corrected chi connectivity index (χ1v) is 4.46. The molecule has 66 valence electrons. The minimum Gasteiger partial charge on any atom is -0.207 e. The highest BCUT2D eigenvalue weighted by Gasteiger charge is 2.21. The van der Waals surface area contributed by atoms with Gasteiger partial charge in [-0.1, -0.05) is 6.07 Å². The van der Waals surface area contributed by atoms with E-state index in [1.54, 1.807) is 6.07 Å². The van der Waals surface area contributed by atoms with E-state index in [1.807, 2.05) is 6.07 Å². The summed E-state index contributed by atoms with van der Waals surface area (Å²) < 4.78 is 12.8. The summed E-state index contributed by atoms with van der Waals surface area (Å²) in [5, 5.41) is 8.58. The van der Waals surface area contributed by atoms with Crippen LogP contribution in [-0.2, 0) is 6.42 Å². The van der Waals surface area contributed by atoms with Crippen LogP contribution >= 0.6 is 0 Å². The molecule has 0 heterocycles. The van der Waals surface area contributed by atoms with Crippen LogP contribution in [0.5, 0.6) is 0 Å². The summed E-state index contributed by atoms with van der Waals surface area (Å²) >= 11 is 0. The van der Waals surface area contributed by atoms with Crippen molar-refractivity contribution < 1.29 is 4.39 Å². The van der Waals surface area contributed by atoms with E-state index < -0.39 is 0 Å². The standard InChI is InChI=1S/C11H10FN/c12-10-3-4-11-8(5-6-13)1-2-9(11)7-10/h3-4,7-8H,1-2,5H2/t8-/m1/s1. The van der Waals surface area contributed by atoms with Gasteiger partial charge in [0.25, 0.3) is 0 Å². The summed E-state index contributed by atoms with van der Waals surface area (Å²) in [4.78, 5) is 0. The normalized spacial score (nSPS) is 19.5. The van der Waals surface area contributed by atoms with Crippen LogP contribution in [0.2, 0.25) is 0 Å². The molecule has 1 aromatic rings. The van der Waals surface area contributed by atoms with E-state index in [-0.39, 0.29) is 5.82 Å². The second-order valence-corrected chi connectivity index (χ2v) is 3.44. The molecule has 1 aliphatic carbocycles. The predicted octanol–water partition coefficient (Wildman–Crippen LogP) is 2.77. The lowest BCUT2D eigenvalue weighted by molar-refractivity contribution is 0.625. The van der Waals surface area contributed by atoms with Crippen LogP contribution in [0.15, 0.2) is 18.2 Å². The molecule has 1 atom stereocenters. The second kappa shape index (κ2) is 3.18. The van der Waals surface area contributed by atoms with E-state index in [9.17, 15) is 4.39 Å². The van der Waals surface area contributed by atoms with Crippen molar-refractivity contribution in [3.63, 3.8) is 0 Å². The molecule has 0 fully saturated rings. The van der Waals surface area contributed by atoms with Gasteiger partial charge in [-0.3, -0.25) is 0 Å². The van der Waals surface area contributed by atoms with Gasteiger partial charge >= 0.3 is 0 Å². The molecule has 0 aliphatic heterocycles. The Labute approximate surface area is 76.8 Å². The van der Waals surface area contributed by atoms with Crippen molar-refractivity contribution >= 4 is 0 Å². The Hall–Kier alpha value is -1.36. The molecule has 0 spiro atoms. The van der Waals surface area contributed by atoms with Crippen molar-refractivity contribution in [2.75, 3.05) is 0 Å². The van der Waals surface area contributed by atoms with E-state index in [0.717, 1.165) is 18.4 Å². The molecule has 2 rings (SSSR count). The SMILES string of the molecule is N#CC[C@H]1CCc2cc(F)ccc21. The van der Waals surface area contributed by atoms with E-state index in [4.69, 9.17) is 5.26 Å². The monoisotopic (exact) mass is 175 g/mol. The van der Waals surface area contributed by atoms with Crippen LogP contribution in [-0.4, -0.2) is 0 Å². The molecule has 0 unspecified atom stereocenters. The molecular weight excluding hydrogens is 165 g/mol. The third-order valence-corrected chi connectivity index (χ3v) is 2.64. The first-order chi connectivity index (χ1) is 6.31. The minimum atomic E-state index is -0.170. The summed E-state index contributed by atoms with van der Waals surface area (Å²) in [5.41, 5.74) is 2.25. The Morgan fingerprint density at radius 3 is 3.15 bits per heavy atom. The van der Waals surface area contributed by atoms with Gasteiger partial charge < -0.3 is 0 Å². The highest BCUT2D eigenvalue weighted by Crippen LogP contribution is 2.35. The molecule has 0 bridgehead atoms. The van der Waals surface area contributed by atoms with Crippen LogP contribution < -0.4 is 0 Å². The highest BCUT2D eigenvalue weighted by molar-refractivity contribution is 5.35. The fourth-order valence-electron chi connectivity index (χ4n) is 2.00. The summed E-state index contributed by atoms with van der Waals surface area (Å²) in [6.45, 7) is 0. The summed E-state index contributed by atoms with van der Waals surface area (Å²) in [7, 11) is 0. The zero-order valence-corrected chi connectivity index (χ0v) is 7.26. The van der Waals surface area contributed by atoms with Gasteiger partial charge in [-0.15, -0.1) is 0 Å². The molecule has 1 nitrogen and oxygen atoms in total. The number of nitriles is 1. The fourth-order valence-corrected chi connectivity index (χ4v) is 2.00. The van der Waals surface area contributed by atoms with Crippen LogP contribution in [0.1, 0.15) is 29.9 Å². The molecule has 13 heavy (non-hydrogen) atoms. The van der Waals surface area contributed by atoms with Gasteiger partial charge in [0.15, 0.2) is 0 Å². The maximum atomic E-state index is 12.8. The molecule has 0 saturated heterocycles. The van der Waals surface area contributed by atoms with Crippen LogP contribution in [0.3, 0.4) is 0 Å². The number of benzene rings is 1. The van der Waals surface area contributed by atoms with Crippen molar-refractivity contribution in [1.82, 2.24) is 0 Å². The van der Waals surface area contributed by atoms with Crippen LogP contribution in [0.4, 0.5) is 4.39 Å². The first-order valence-electron chi connectivity index (χ1n) is 4.46. The molecule has 0 aromatic heterocycles. The number of hydrogen-bond acceptors (Lipinski definition) is 1. The van der Waals surface area contributed by atoms with E-state index in [0.29, 0.717) is 12.3 Å². The number of hydrogen-bond donors (Lipinski definition) is 0. The van der Waals surface area contributed by atoms with Crippen molar-refractivity contribution in [1.29, 1.82) is 5.26 Å². The maximum absolute atomic E-state index is 12.8. The van der Waals surface area contributed by atoms with Crippen LogP contribution in [0.25, 0.3) is 0 Å². The highest BCUT2D eigenvalue weighted by atomic mass is 19.1. The molecule has 1 aromatic carbocycles. The summed E-state index contributed by atoms with van der Waals surface area (Å²) in [6, 6.07) is 7.06. The molecule has 0 N–H and O–H groups in total. The van der Waals surface area contributed by atoms with E-state index in [2.05, 4.69) is 6.07 Å². The van der Waals surface area contributed by atoms with E-state index in [1.165, 1.54) is 11.6 Å². The number of aryl methyl sites for hydroxylation is 1. The minimum absolute atomic E-state index is 0.170. The quantitative estimate of drug-likeness (QED) is 0.643. The van der Waals surface area contributed by atoms with Gasteiger partial charge in [0.05, 0.1) is 6.07 Å². The topological polar surface area (TPSA) is 23.8 Å². The average Bonchev–Trinajstić information content (AvgIpc) is 2.49. The molecule has 0 amide bonds. The Bertz CT molecular complexity index is 365. The lowest BCUT2D eigenvalue weighted by atomic mass is 9.99. The Morgan fingerprint density at radius 1 is 1.54 bits per heavy atom. The number of nitrogens with zero attached hydrogens (tertiary/aromatic N) is 1. The smallest absolute Gasteiger partial charge is 0.123 e. The van der Waals surface area contributed by atoms with Crippen molar-refractivity contribution in [3.05, 3.63) is 35.1 Å².